The Labute approximate surface area is 94.9 Å². The van der Waals surface area contributed by atoms with Crippen LogP contribution in [0.1, 0.15) is 18.1 Å². The minimum Gasteiger partial charge on any atom is -0.493 e. The minimum atomic E-state index is 0.618. The van der Waals surface area contributed by atoms with Gasteiger partial charge in [-0.3, -0.25) is 0 Å². The Morgan fingerprint density at radius 3 is 2.50 bits per heavy atom. The van der Waals surface area contributed by atoms with Crippen LogP contribution < -0.4 is 9.47 Å². The van der Waals surface area contributed by atoms with Crippen molar-refractivity contribution in [2.75, 3.05) is 20.8 Å². The predicted octanol–water partition coefficient (Wildman–Crippen LogP) is 2.00. The Kier molecular flexibility index (Phi) is 2.99. The molecule has 4 nitrogen and oxygen atoms in total. The normalized spacial score (nSPS) is 13.1. The predicted molar refractivity (Wildman–Crippen MR) is 61.4 cm³/mol. The summed E-state index contributed by atoms with van der Waals surface area (Å²) in [4.78, 5) is 4.33. The van der Waals surface area contributed by atoms with Gasteiger partial charge in [0, 0.05) is 5.56 Å². The molecule has 0 saturated heterocycles. The lowest BCUT2D eigenvalue weighted by Crippen LogP contribution is -2.05. The number of fused-ring (bicyclic) bond motifs is 1. The monoisotopic (exact) mass is 221 g/mol. The van der Waals surface area contributed by atoms with Gasteiger partial charge in [-0.1, -0.05) is 0 Å². The number of methoxy groups -OCH3 is 2. The molecule has 0 atom stereocenters. The van der Waals surface area contributed by atoms with Gasteiger partial charge in [0.15, 0.2) is 11.5 Å². The van der Waals surface area contributed by atoms with Crippen LogP contribution >= 0.6 is 0 Å². The summed E-state index contributed by atoms with van der Waals surface area (Å²) >= 11 is 0. The van der Waals surface area contributed by atoms with Crippen molar-refractivity contribution in [3.8, 4) is 11.5 Å². The van der Waals surface area contributed by atoms with Crippen LogP contribution in [0, 0.1) is 0 Å². The maximum absolute atomic E-state index is 5.46. The van der Waals surface area contributed by atoms with Gasteiger partial charge in [-0.05, 0) is 24.6 Å². The van der Waals surface area contributed by atoms with E-state index in [0.29, 0.717) is 24.8 Å². The third-order valence-corrected chi connectivity index (χ3v) is 2.51. The summed E-state index contributed by atoms with van der Waals surface area (Å²) in [6.45, 7) is 3.21. The first-order chi connectivity index (χ1) is 7.80. The Bertz CT molecular complexity index is 427. The van der Waals surface area contributed by atoms with Gasteiger partial charge in [0.2, 0.25) is 5.90 Å². The van der Waals surface area contributed by atoms with Gasteiger partial charge >= 0.3 is 0 Å². The fourth-order valence-electron chi connectivity index (χ4n) is 1.75. The van der Waals surface area contributed by atoms with Crippen molar-refractivity contribution >= 4 is 5.90 Å². The van der Waals surface area contributed by atoms with Crippen molar-refractivity contribution in [2.24, 2.45) is 4.99 Å². The molecule has 1 aromatic rings. The van der Waals surface area contributed by atoms with Crippen LogP contribution in [-0.2, 0) is 11.3 Å². The second-order valence-electron chi connectivity index (χ2n) is 3.42. The van der Waals surface area contributed by atoms with E-state index in [1.54, 1.807) is 14.2 Å². The van der Waals surface area contributed by atoms with Crippen LogP contribution in [0.5, 0.6) is 11.5 Å². The van der Waals surface area contributed by atoms with Gasteiger partial charge < -0.3 is 14.2 Å². The highest BCUT2D eigenvalue weighted by molar-refractivity contribution is 5.98. The second kappa shape index (κ2) is 4.43. The molecular formula is C12H15NO3. The van der Waals surface area contributed by atoms with Crippen molar-refractivity contribution in [2.45, 2.75) is 13.5 Å². The van der Waals surface area contributed by atoms with Crippen molar-refractivity contribution in [1.82, 2.24) is 0 Å². The van der Waals surface area contributed by atoms with Crippen LogP contribution in [0.2, 0.25) is 0 Å². The second-order valence-corrected chi connectivity index (χ2v) is 3.42. The highest BCUT2D eigenvalue weighted by atomic mass is 16.5. The molecule has 0 bridgehead atoms. The van der Waals surface area contributed by atoms with E-state index < -0.39 is 0 Å². The first-order valence-electron chi connectivity index (χ1n) is 5.22. The minimum absolute atomic E-state index is 0.618. The van der Waals surface area contributed by atoms with Crippen molar-refractivity contribution in [1.29, 1.82) is 0 Å². The lowest BCUT2D eigenvalue weighted by molar-refractivity contribution is 0.328. The Balaban J connectivity index is 2.40. The molecule has 0 spiro atoms. The lowest BCUT2D eigenvalue weighted by atomic mass is 10.1. The molecular weight excluding hydrogens is 206 g/mol. The molecule has 0 N–H and O–H groups in total. The molecule has 0 aromatic heterocycles. The van der Waals surface area contributed by atoms with Crippen molar-refractivity contribution in [3.05, 3.63) is 23.3 Å². The molecule has 4 heteroatoms. The molecule has 0 saturated carbocycles. The van der Waals surface area contributed by atoms with E-state index in [2.05, 4.69) is 4.99 Å². The topological polar surface area (TPSA) is 40.0 Å². The smallest absolute Gasteiger partial charge is 0.216 e. The lowest BCUT2D eigenvalue weighted by Gasteiger charge is -2.10. The van der Waals surface area contributed by atoms with Gasteiger partial charge in [-0.2, -0.15) is 0 Å². The number of nitrogens with zero attached hydrogens (tertiary/aromatic N) is 1. The molecule has 0 amide bonds. The van der Waals surface area contributed by atoms with Crippen LogP contribution in [-0.4, -0.2) is 26.7 Å². The van der Waals surface area contributed by atoms with Crippen LogP contribution in [0.15, 0.2) is 17.1 Å². The first kappa shape index (κ1) is 10.8. The number of rotatable bonds is 3. The van der Waals surface area contributed by atoms with E-state index in [1.807, 2.05) is 19.1 Å². The van der Waals surface area contributed by atoms with Gasteiger partial charge in [0.05, 0.1) is 27.4 Å². The largest absolute Gasteiger partial charge is 0.493 e. The molecule has 1 aliphatic rings. The number of hydrogen-bond acceptors (Lipinski definition) is 4. The fourth-order valence-corrected chi connectivity index (χ4v) is 1.75. The summed E-state index contributed by atoms with van der Waals surface area (Å²) in [6, 6.07) is 3.86. The number of benzene rings is 1. The maximum atomic E-state index is 5.46. The Morgan fingerprint density at radius 2 is 1.88 bits per heavy atom. The molecule has 0 fully saturated rings. The van der Waals surface area contributed by atoms with E-state index in [-0.39, 0.29) is 0 Å². The van der Waals surface area contributed by atoms with Crippen LogP contribution in [0.4, 0.5) is 0 Å². The van der Waals surface area contributed by atoms with Crippen LogP contribution in [0.25, 0.3) is 0 Å². The summed E-state index contributed by atoms with van der Waals surface area (Å²) < 4.78 is 15.9. The molecule has 2 rings (SSSR count). The van der Waals surface area contributed by atoms with E-state index >= 15 is 0 Å². The molecule has 1 aromatic carbocycles. The van der Waals surface area contributed by atoms with Gasteiger partial charge in [-0.25, -0.2) is 4.99 Å². The number of hydrogen-bond donors (Lipinski definition) is 0. The first-order valence-corrected chi connectivity index (χ1v) is 5.22. The highest BCUT2D eigenvalue weighted by Crippen LogP contribution is 2.33. The molecule has 0 aliphatic carbocycles. The van der Waals surface area contributed by atoms with E-state index in [1.165, 1.54) is 0 Å². The summed E-state index contributed by atoms with van der Waals surface area (Å²) in [7, 11) is 3.25. The zero-order chi connectivity index (χ0) is 11.5. The number of aliphatic imine (C=N–C) groups is 1. The summed E-state index contributed by atoms with van der Waals surface area (Å²) in [5, 5.41) is 0. The van der Waals surface area contributed by atoms with Crippen molar-refractivity contribution < 1.29 is 14.2 Å². The van der Waals surface area contributed by atoms with Crippen LogP contribution in [0.3, 0.4) is 0 Å². The van der Waals surface area contributed by atoms with Crippen molar-refractivity contribution in [3.63, 3.8) is 0 Å². The van der Waals surface area contributed by atoms with E-state index in [0.717, 1.165) is 16.9 Å². The van der Waals surface area contributed by atoms with Gasteiger partial charge in [0.25, 0.3) is 0 Å². The third-order valence-electron chi connectivity index (χ3n) is 2.51. The number of ether oxygens (including phenoxy) is 3. The summed E-state index contributed by atoms with van der Waals surface area (Å²) in [5.41, 5.74) is 2.11. The molecule has 16 heavy (non-hydrogen) atoms. The standard InChI is InChI=1S/C12H15NO3/c1-4-16-12-9-6-11(15-3)10(14-2)5-8(9)7-13-12/h5-6H,4,7H2,1-3H3. The van der Waals surface area contributed by atoms with E-state index in [4.69, 9.17) is 14.2 Å². The van der Waals surface area contributed by atoms with Gasteiger partial charge in [-0.15, -0.1) is 0 Å². The molecule has 0 radical (unpaired) electrons. The average molecular weight is 221 g/mol. The zero-order valence-electron chi connectivity index (χ0n) is 9.74. The van der Waals surface area contributed by atoms with E-state index in [9.17, 15) is 0 Å². The fraction of sp³-hybridized carbons (Fsp3) is 0.417. The average Bonchev–Trinajstić information content (AvgIpc) is 2.70. The highest BCUT2D eigenvalue weighted by Gasteiger charge is 2.20. The van der Waals surface area contributed by atoms with Gasteiger partial charge in [0.1, 0.15) is 0 Å². The third kappa shape index (κ3) is 1.71. The molecule has 1 aliphatic heterocycles. The molecule has 1 heterocycles. The molecule has 86 valence electrons. The zero-order valence-corrected chi connectivity index (χ0v) is 9.74. The Morgan fingerprint density at radius 1 is 1.19 bits per heavy atom. The molecule has 0 unspecified atom stereocenters. The Hall–Kier alpha value is -1.71. The summed E-state index contributed by atoms with van der Waals surface area (Å²) in [5.74, 6) is 2.13. The summed E-state index contributed by atoms with van der Waals surface area (Å²) in [6.07, 6.45) is 0. The quantitative estimate of drug-likeness (QED) is 0.783. The SMILES string of the molecule is CCOC1=NCc2cc(OC)c(OC)cc21. The maximum Gasteiger partial charge on any atom is 0.216 e.